The Hall–Kier alpha value is -1.11. The fourth-order valence-corrected chi connectivity index (χ4v) is 1.21. The Morgan fingerprint density at radius 1 is 1.50 bits per heavy atom. The third-order valence-corrected chi connectivity index (χ3v) is 3.33. The van der Waals surface area contributed by atoms with Crippen molar-refractivity contribution in [2.75, 3.05) is 13.3 Å². The largest absolute Gasteiger partial charge is 0.433 e. The molecular weight excluding hydrogens is 208 g/mol. The predicted molar refractivity (Wildman–Crippen MR) is 53.0 cm³/mol. The highest BCUT2D eigenvalue weighted by atomic mass is 32.2. The summed E-state index contributed by atoms with van der Waals surface area (Å²) in [6.45, 7) is 2.95. The topological polar surface area (TPSA) is 84.8 Å². The van der Waals surface area contributed by atoms with Crippen LogP contribution >= 0.6 is 0 Å². The summed E-state index contributed by atoms with van der Waals surface area (Å²) in [5.41, 5.74) is 0.233. The zero-order valence-electron chi connectivity index (χ0n) is 8.57. The van der Waals surface area contributed by atoms with Gasteiger partial charge in [-0.25, -0.2) is 13.2 Å². The molecule has 6 nitrogen and oxygen atoms in total. The molecule has 1 amide bonds. The fraction of sp³-hybridized carbons (Fsp3) is 0.714. The van der Waals surface area contributed by atoms with Crippen LogP contribution in [0.3, 0.4) is 0 Å². The molecule has 0 saturated heterocycles. The van der Waals surface area contributed by atoms with Crippen LogP contribution in [-0.2, 0) is 14.7 Å². The lowest BCUT2D eigenvalue weighted by Crippen LogP contribution is -2.25. The molecule has 0 spiro atoms. The molecule has 82 valence electrons. The zero-order chi connectivity index (χ0) is 11.4. The number of hydrogen-bond donors (Lipinski definition) is 1. The first-order valence-corrected chi connectivity index (χ1v) is 5.86. The maximum Gasteiger partial charge on any atom is 0.433 e. The van der Waals surface area contributed by atoms with Gasteiger partial charge >= 0.3 is 6.09 Å². The van der Waals surface area contributed by atoms with Crippen LogP contribution in [-0.4, -0.2) is 38.8 Å². The van der Waals surface area contributed by atoms with Crippen LogP contribution in [0.15, 0.2) is 5.16 Å². The molecule has 0 bridgehead atoms. The number of carbonyl (C=O) groups excluding carboxylic acids is 1. The lowest BCUT2D eigenvalue weighted by molar-refractivity contribution is 0.153. The molecule has 0 radical (unpaired) electrons. The van der Waals surface area contributed by atoms with Crippen LogP contribution in [0.4, 0.5) is 4.79 Å². The maximum atomic E-state index is 11.0. The first-order chi connectivity index (χ1) is 6.29. The van der Waals surface area contributed by atoms with E-state index in [-0.39, 0.29) is 5.71 Å². The number of nitrogens with one attached hydrogen (secondary N) is 1. The van der Waals surface area contributed by atoms with E-state index in [1.807, 2.05) is 0 Å². The van der Waals surface area contributed by atoms with Crippen molar-refractivity contribution in [3.8, 4) is 0 Å². The van der Waals surface area contributed by atoms with Crippen LogP contribution in [0.25, 0.3) is 0 Å². The number of sulfone groups is 1. The Kier molecular flexibility index (Phi) is 4.55. The Morgan fingerprint density at radius 2 is 2.00 bits per heavy atom. The Labute approximate surface area is 83.2 Å². The van der Waals surface area contributed by atoms with Crippen molar-refractivity contribution in [3.05, 3.63) is 0 Å². The number of hydrogen-bond acceptors (Lipinski definition) is 5. The van der Waals surface area contributed by atoms with Gasteiger partial charge in [0.25, 0.3) is 0 Å². The number of oxime groups is 1. The first kappa shape index (κ1) is 12.9. The highest BCUT2D eigenvalue weighted by Crippen LogP contribution is 2.01. The average molecular weight is 222 g/mol. The molecule has 7 heteroatoms. The van der Waals surface area contributed by atoms with Crippen molar-refractivity contribution in [2.24, 2.45) is 5.16 Å². The SMILES string of the molecule is CNC(=O)O/N=C(/C)[C@H](C)S(C)(=O)=O. The van der Waals surface area contributed by atoms with E-state index in [1.54, 1.807) is 0 Å². The van der Waals surface area contributed by atoms with E-state index in [4.69, 9.17) is 0 Å². The zero-order valence-corrected chi connectivity index (χ0v) is 9.38. The van der Waals surface area contributed by atoms with E-state index in [9.17, 15) is 13.2 Å². The monoisotopic (exact) mass is 222 g/mol. The number of rotatable bonds is 3. The third-order valence-electron chi connectivity index (χ3n) is 1.71. The normalized spacial score (nSPS) is 14.7. The minimum absolute atomic E-state index is 0.233. The standard InChI is InChI=1S/C7H14N2O4S/c1-5(6(2)14(4,11)12)9-13-7(10)8-3/h6H,1-4H3,(H,8,10)/b9-5-/t6-/m0/s1. The third kappa shape index (κ3) is 4.22. The van der Waals surface area contributed by atoms with E-state index in [2.05, 4.69) is 15.3 Å². The number of nitrogens with zero attached hydrogens (tertiary/aromatic N) is 1. The average Bonchev–Trinajstić information content (AvgIpc) is 2.10. The van der Waals surface area contributed by atoms with E-state index >= 15 is 0 Å². The molecule has 0 aliphatic carbocycles. The molecule has 0 fully saturated rings. The van der Waals surface area contributed by atoms with E-state index in [0.29, 0.717) is 0 Å². The minimum atomic E-state index is -3.20. The van der Waals surface area contributed by atoms with Crippen LogP contribution in [0.2, 0.25) is 0 Å². The fourth-order valence-electron chi connectivity index (χ4n) is 0.543. The van der Waals surface area contributed by atoms with Gasteiger partial charge in [0.2, 0.25) is 0 Å². The molecule has 0 saturated carbocycles. The van der Waals surface area contributed by atoms with Crippen LogP contribution in [0.1, 0.15) is 13.8 Å². The molecule has 14 heavy (non-hydrogen) atoms. The summed E-state index contributed by atoms with van der Waals surface area (Å²) in [4.78, 5) is 14.9. The molecule has 0 unspecified atom stereocenters. The van der Waals surface area contributed by atoms with E-state index < -0.39 is 21.2 Å². The molecule has 0 aromatic heterocycles. The number of amides is 1. The molecule has 0 heterocycles. The Bertz CT molecular complexity index is 334. The number of carbonyl (C=O) groups is 1. The van der Waals surface area contributed by atoms with Gasteiger partial charge in [-0.3, -0.25) is 4.84 Å². The van der Waals surface area contributed by atoms with Gasteiger partial charge in [-0.05, 0) is 13.8 Å². The van der Waals surface area contributed by atoms with Gasteiger partial charge in [0.15, 0.2) is 9.84 Å². The minimum Gasteiger partial charge on any atom is -0.323 e. The van der Waals surface area contributed by atoms with Crippen molar-refractivity contribution in [3.63, 3.8) is 0 Å². The summed E-state index contributed by atoms with van der Waals surface area (Å²) in [5, 5.41) is 4.81. The Morgan fingerprint density at radius 3 is 2.36 bits per heavy atom. The summed E-state index contributed by atoms with van der Waals surface area (Å²) in [6, 6.07) is 0. The second kappa shape index (κ2) is 4.94. The van der Waals surface area contributed by atoms with Gasteiger partial charge in [-0.1, -0.05) is 5.16 Å². The van der Waals surface area contributed by atoms with Gasteiger partial charge in [0, 0.05) is 13.3 Å². The van der Waals surface area contributed by atoms with Crippen LogP contribution < -0.4 is 5.32 Å². The van der Waals surface area contributed by atoms with Crippen molar-refractivity contribution >= 4 is 21.6 Å². The maximum absolute atomic E-state index is 11.0. The van der Waals surface area contributed by atoms with E-state index in [1.165, 1.54) is 20.9 Å². The van der Waals surface area contributed by atoms with E-state index in [0.717, 1.165) is 6.26 Å². The second-order valence-electron chi connectivity index (χ2n) is 2.83. The summed E-state index contributed by atoms with van der Waals surface area (Å²) in [5.74, 6) is 0. The lowest BCUT2D eigenvalue weighted by Gasteiger charge is -2.07. The summed E-state index contributed by atoms with van der Waals surface area (Å²) < 4.78 is 22.1. The second-order valence-corrected chi connectivity index (χ2v) is 5.20. The van der Waals surface area contributed by atoms with Crippen molar-refractivity contribution in [1.82, 2.24) is 5.32 Å². The van der Waals surface area contributed by atoms with Crippen LogP contribution in [0.5, 0.6) is 0 Å². The van der Waals surface area contributed by atoms with Gasteiger partial charge in [0.05, 0.1) is 11.0 Å². The predicted octanol–water partition coefficient (Wildman–Crippen LogP) is 0.151. The van der Waals surface area contributed by atoms with Gasteiger partial charge < -0.3 is 5.32 Å². The first-order valence-electron chi connectivity index (χ1n) is 3.91. The van der Waals surface area contributed by atoms with Crippen molar-refractivity contribution < 1.29 is 18.0 Å². The molecule has 0 aromatic carbocycles. The smallest absolute Gasteiger partial charge is 0.323 e. The van der Waals surface area contributed by atoms with Gasteiger partial charge in [-0.15, -0.1) is 0 Å². The molecule has 0 aromatic rings. The molecule has 0 aliphatic heterocycles. The van der Waals surface area contributed by atoms with Crippen molar-refractivity contribution in [1.29, 1.82) is 0 Å². The molecule has 0 aliphatic rings. The van der Waals surface area contributed by atoms with Gasteiger partial charge in [0.1, 0.15) is 0 Å². The molecule has 1 N–H and O–H groups in total. The highest BCUT2D eigenvalue weighted by molar-refractivity contribution is 7.92. The summed E-state index contributed by atoms with van der Waals surface area (Å²) in [6.07, 6.45) is 0.362. The van der Waals surface area contributed by atoms with Crippen LogP contribution in [0, 0.1) is 0 Å². The summed E-state index contributed by atoms with van der Waals surface area (Å²) >= 11 is 0. The Balaban J connectivity index is 4.47. The quantitative estimate of drug-likeness (QED) is 0.418. The lowest BCUT2D eigenvalue weighted by atomic mass is 10.3. The molecule has 0 rings (SSSR count). The van der Waals surface area contributed by atoms with Crippen molar-refractivity contribution in [2.45, 2.75) is 19.1 Å². The summed E-state index contributed by atoms with van der Waals surface area (Å²) in [7, 11) is -1.82. The molecular formula is C7H14N2O4S. The van der Waals surface area contributed by atoms with Gasteiger partial charge in [-0.2, -0.15) is 0 Å². The highest BCUT2D eigenvalue weighted by Gasteiger charge is 2.18. The molecule has 1 atom stereocenters.